The Balaban J connectivity index is 1.56. The molecule has 3 aromatic carbocycles. The predicted octanol–water partition coefficient (Wildman–Crippen LogP) is 5.29. The van der Waals surface area contributed by atoms with E-state index in [1.165, 1.54) is 4.90 Å². The standard InChI is InChI=1S/C25H24N2O3S/c1-17-13-14-21-20(15-17)27(24(29)25(2,3)30-21)16-23(28)26-19-11-7-8-12-22(19)31-18-9-5-4-6-10-18/h4-15H,16H2,1-3H3,(H,26,28). The van der Waals surface area contributed by atoms with E-state index < -0.39 is 5.60 Å². The van der Waals surface area contributed by atoms with E-state index in [1.807, 2.05) is 79.7 Å². The zero-order valence-corrected chi connectivity index (χ0v) is 18.5. The number of benzene rings is 3. The number of para-hydroxylation sites is 1. The van der Waals surface area contributed by atoms with Gasteiger partial charge >= 0.3 is 0 Å². The topological polar surface area (TPSA) is 58.6 Å². The second-order valence-corrected chi connectivity index (χ2v) is 9.05. The average molecular weight is 433 g/mol. The number of carbonyl (C=O) groups excluding carboxylic acids is 2. The minimum absolute atomic E-state index is 0.0909. The van der Waals surface area contributed by atoms with E-state index in [0.717, 1.165) is 15.4 Å². The molecule has 0 atom stereocenters. The van der Waals surface area contributed by atoms with Gasteiger partial charge in [-0.25, -0.2) is 0 Å². The van der Waals surface area contributed by atoms with Gasteiger partial charge in [0.1, 0.15) is 12.3 Å². The number of hydrogen-bond donors (Lipinski definition) is 1. The van der Waals surface area contributed by atoms with Gasteiger partial charge in [0.05, 0.1) is 11.4 Å². The van der Waals surface area contributed by atoms with Crippen molar-refractivity contribution in [1.82, 2.24) is 0 Å². The largest absolute Gasteiger partial charge is 0.476 e. The van der Waals surface area contributed by atoms with Gasteiger partial charge in [0.15, 0.2) is 5.60 Å². The lowest BCUT2D eigenvalue weighted by Crippen LogP contribution is -2.54. The summed E-state index contributed by atoms with van der Waals surface area (Å²) < 4.78 is 5.88. The molecule has 1 aliphatic heterocycles. The molecule has 31 heavy (non-hydrogen) atoms. The Bertz CT molecular complexity index is 1130. The lowest BCUT2D eigenvalue weighted by Gasteiger charge is -2.38. The smallest absolute Gasteiger partial charge is 0.271 e. The van der Waals surface area contributed by atoms with Crippen molar-refractivity contribution in [3.05, 3.63) is 78.4 Å². The highest BCUT2D eigenvalue weighted by atomic mass is 32.2. The molecule has 0 spiro atoms. The van der Waals surface area contributed by atoms with Crippen LogP contribution >= 0.6 is 11.8 Å². The SMILES string of the molecule is Cc1ccc2c(c1)N(CC(=O)Nc1ccccc1Sc1ccccc1)C(=O)C(C)(C)O2. The van der Waals surface area contributed by atoms with Gasteiger partial charge in [0.25, 0.3) is 5.91 Å². The monoisotopic (exact) mass is 432 g/mol. The Morgan fingerprint density at radius 2 is 1.74 bits per heavy atom. The van der Waals surface area contributed by atoms with Gasteiger partial charge in [-0.15, -0.1) is 0 Å². The molecule has 2 amide bonds. The third-order valence-electron chi connectivity index (χ3n) is 4.96. The van der Waals surface area contributed by atoms with Crippen molar-refractivity contribution in [3.63, 3.8) is 0 Å². The second kappa shape index (κ2) is 8.47. The molecule has 0 saturated carbocycles. The van der Waals surface area contributed by atoms with E-state index in [4.69, 9.17) is 4.74 Å². The van der Waals surface area contributed by atoms with Crippen LogP contribution in [0.25, 0.3) is 0 Å². The van der Waals surface area contributed by atoms with E-state index in [2.05, 4.69) is 5.32 Å². The number of aryl methyl sites for hydroxylation is 1. The Kier molecular flexibility index (Phi) is 5.74. The number of nitrogens with zero attached hydrogens (tertiary/aromatic N) is 1. The number of fused-ring (bicyclic) bond motifs is 1. The normalized spacial score (nSPS) is 14.5. The van der Waals surface area contributed by atoms with Crippen molar-refractivity contribution in [2.24, 2.45) is 0 Å². The number of nitrogens with one attached hydrogen (secondary N) is 1. The Morgan fingerprint density at radius 3 is 2.52 bits per heavy atom. The van der Waals surface area contributed by atoms with Crippen LogP contribution in [0.3, 0.4) is 0 Å². The summed E-state index contributed by atoms with van der Waals surface area (Å²) in [5.74, 6) is 0.0929. The maximum Gasteiger partial charge on any atom is 0.271 e. The Labute approximate surface area is 186 Å². The number of amides is 2. The van der Waals surface area contributed by atoms with Crippen LogP contribution in [0.5, 0.6) is 5.75 Å². The highest BCUT2D eigenvalue weighted by Gasteiger charge is 2.41. The molecule has 158 valence electrons. The summed E-state index contributed by atoms with van der Waals surface area (Å²) in [4.78, 5) is 29.5. The summed E-state index contributed by atoms with van der Waals surface area (Å²) in [6.45, 7) is 5.29. The molecule has 0 unspecified atom stereocenters. The zero-order chi connectivity index (χ0) is 22.0. The third kappa shape index (κ3) is 4.59. The first kappa shape index (κ1) is 21.0. The molecule has 6 heteroatoms. The first-order valence-electron chi connectivity index (χ1n) is 10.1. The Morgan fingerprint density at radius 1 is 1.03 bits per heavy atom. The van der Waals surface area contributed by atoms with Crippen LogP contribution in [0.2, 0.25) is 0 Å². The summed E-state index contributed by atoms with van der Waals surface area (Å²) in [6.07, 6.45) is 0. The quantitative estimate of drug-likeness (QED) is 0.595. The highest BCUT2D eigenvalue weighted by Crippen LogP contribution is 2.38. The molecule has 0 bridgehead atoms. The van der Waals surface area contributed by atoms with Crippen molar-refractivity contribution in [1.29, 1.82) is 0 Å². The minimum Gasteiger partial charge on any atom is -0.476 e. The predicted molar refractivity (Wildman–Crippen MR) is 124 cm³/mol. The summed E-state index contributed by atoms with van der Waals surface area (Å²) in [6, 6.07) is 23.3. The van der Waals surface area contributed by atoms with Gasteiger partial charge in [-0.2, -0.15) is 0 Å². The second-order valence-electron chi connectivity index (χ2n) is 7.93. The van der Waals surface area contributed by atoms with Crippen molar-refractivity contribution in [2.45, 2.75) is 36.2 Å². The molecule has 0 saturated heterocycles. The molecule has 1 heterocycles. The summed E-state index contributed by atoms with van der Waals surface area (Å²) in [5, 5.41) is 2.98. The van der Waals surface area contributed by atoms with Crippen molar-refractivity contribution < 1.29 is 14.3 Å². The maximum absolute atomic E-state index is 13.0. The molecule has 3 aromatic rings. The third-order valence-corrected chi connectivity index (χ3v) is 6.05. The van der Waals surface area contributed by atoms with E-state index in [9.17, 15) is 9.59 Å². The lowest BCUT2D eigenvalue weighted by molar-refractivity contribution is -0.133. The zero-order valence-electron chi connectivity index (χ0n) is 17.7. The molecule has 4 rings (SSSR count). The lowest BCUT2D eigenvalue weighted by atomic mass is 10.0. The molecule has 0 fully saturated rings. The number of rotatable bonds is 5. The van der Waals surface area contributed by atoms with Crippen LogP contribution in [0.15, 0.2) is 82.6 Å². The molecule has 0 radical (unpaired) electrons. The van der Waals surface area contributed by atoms with Gasteiger partial charge in [0, 0.05) is 9.79 Å². The molecule has 1 aliphatic rings. The number of ether oxygens (including phenoxy) is 1. The first-order chi connectivity index (χ1) is 14.8. The van der Waals surface area contributed by atoms with Gasteiger partial charge in [-0.1, -0.05) is 48.2 Å². The van der Waals surface area contributed by atoms with Gasteiger partial charge in [-0.05, 0) is 62.7 Å². The average Bonchev–Trinajstić information content (AvgIpc) is 2.74. The molecular weight excluding hydrogens is 408 g/mol. The first-order valence-corrected chi connectivity index (χ1v) is 10.9. The van der Waals surface area contributed by atoms with Crippen LogP contribution in [-0.4, -0.2) is 24.0 Å². The summed E-state index contributed by atoms with van der Waals surface area (Å²) in [7, 11) is 0. The van der Waals surface area contributed by atoms with Crippen LogP contribution in [0.1, 0.15) is 19.4 Å². The fraction of sp³-hybridized carbons (Fsp3) is 0.200. The van der Waals surface area contributed by atoms with E-state index in [0.29, 0.717) is 17.1 Å². The number of carbonyl (C=O) groups is 2. The van der Waals surface area contributed by atoms with Gasteiger partial charge in [0.2, 0.25) is 5.91 Å². The van der Waals surface area contributed by atoms with E-state index in [-0.39, 0.29) is 18.4 Å². The minimum atomic E-state index is -1.04. The van der Waals surface area contributed by atoms with E-state index >= 15 is 0 Å². The molecule has 5 nitrogen and oxygen atoms in total. The van der Waals surface area contributed by atoms with Gasteiger partial charge in [-0.3, -0.25) is 14.5 Å². The number of anilines is 2. The fourth-order valence-corrected chi connectivity index (χ4v) is 4.37. The van der Waals surface area contributed by atoms with Crippen molar-refractivity contribution >= 4 is 35.0 Å². The molecule has 0 aromatic heterocycles. The van der Waals surface area contributed by atoms with E-state index in [1.54, 1.807) is 25.6 Å². The van der Waals surface area contributed by atoms with Crippen LogP contribution in [-0.2, 0) is 9.59 Å². The summed E-state index contributed by atoms with van der Waals surface area (Å²) >= 11 is 1.58. The van der Waals surface area contributed by atoms with Crippen molar-refractivity contribution in [2.75, 3.05) is 16.8 Å². The van der Waals surface area contributed by atoms with Gasteiger partial charge < -0.3 is 10.1 Å². The molecular formula is C25H24N2O3S. The fourth-order valence-electron chi connectivity index (χ4n) is 3.44. The molecule has 0 aliphatic carbocycles. The van der Waals surface area contributed by atoms with Crippen LogP contribution < -0.4 is 15.0 Å². The summed E-state index contributed by atoms with van der Waals surface area (Å²) in [5.41, 5.74) is 1.28. The van der Waals surface area contributed by atoms with Crippen LogP contribution in [0, 0.1) is 6.92 Å². The van der Waals surface area contributed by atoms with Crippen LogP contribution in [0.4, 0.5) is 11.4 Å². The number of hydrogen-bond acceptors (Lipinski definition) is 4. The Hall–Kier alpha value is -3.25. The highest BCUT2D eigenvalue weighted by molar-refractivity contribution is 7.99. The maximum atomic E-state index is 13.0. The van der Waals surface area contributed by atoms with Crippen molar-refractivity contribution in [3.8, 4) is 5.75 Å². The molecule has 1 N–H and O–H groups in total.